The van der Waals surface area contributed by atoms with E-state index in [9.17, 15) is 4.79 Å². The van der Waals surface area contributed by atoms with Gasteiger partial charge in [-0.25, -0.2) is 0 Å². The SMILES string of the molecule is CCn1cnnc1C1CCN(C(=O)C(C)c2cccc(CC(C)C)c2)CC1. The topological polar surface area (TPSA) is 51.0 Å². The van der Waals surface area contributed by atoms with Gasteiger partial charge in [0.15, 0.2) is 0 Å². The fraction of sp³-hybridized carbons (Fsp3) is 0.591. The average molecular weight is 369 g/mol. The van der Waals surface area contributed by atoms with Gasteiger partial charge in [-0.1, -0.05) is 38.1 Å². The Morgan fingerprint density at radius 1 is 1.22 bits per heavy atom. The van der Waals surface area contributed by atoms with Crippen LogP contribution in [0.2, 0.25) is 0 Å². The van der Waals surface area contributed by atoms with Gasteiger partial charge in [0.1, 0.15) is 12.2 Å². The Morgan fingerprint density at radius 2 is 1.96 bits per heavy atom. The molecule has 2 aromatic rings. The molecule has 1 amide bonds. The van der Waals surface area contributed by atoms with E-state index in [2.05, 4.69) is 59.8 Å². The minimum atomic E-state index is -0.0899. The van der Waals surface area contributed by atoms with Crippen LogP contribution >= 0.6 is 0 Å². The van der Waals surface area contributed by atoms with Gasteiger partial charge in [0.25, 0.3) is 0 Å². The molecular formula is C22H32N4O. The van der Waals surface area contributed by atoms with E-state index in [-0.39, 0.29) is 11.8 Å². The molecule has 5 heteroatoms. The smallest absolute Gasteiger partial charge is 0.229 e. The van der Waals surface area contributed by atoms with Crippen LogP contribution < -0.4 is 0 Å². The molecule has 0 bridgehead atoms. The molecule has 1 aliphatic rings. The molecule has 1 saturated heterocycles. The molecule has 3 rings (SSSR count). The molecule has 1 unspecified atom stereocenters. The van der Waals surface area contributed by atoms with Gasteiger partial charge in [-0.3, -0.25) is 4.79 Å². The van der Waals surface area contributed by atoms with Crippen LogP contribution in [0.1, 0.15) is 69.3 Å². The van der Waals surface area contributed by atoms with Crippen molar-refractivity contribution in [3.8, 4) is 0 Å². The van der Waals surface area contributed by atoms with Crippen molar-refractivity contribution in [2.24, 2.45) is 5.92 Å². The van der Waals surface area contributed by atoms with E-state index in [0.717, 1.165) is 50.3 Å². The number of benzene rings is 1. The second-order valence-electron chi connectivity index (χ2n) is 8.14. The van der Waals surface area contributed by atoms with Crippen LogP contribution in [0.5, 0.6) is 0 Å². The van der Waals surface area contributed by atoms with Crippen LogP contribution in [0.3, 0.4) is 0 Å². The number of carbonyl (C=O) groups is 1. The average Bonchev–Trinajstić information content (AvgIpc) is 3.15. The number of aryl methyl sites for hydroxylation is 1. The van der Waals surface area contributed by atoms with E-state index in [1.54, 1.807) is 6.33 Å². The Morgan fingerprint density at radius 3 is 2.63 bits per heavy atom. The molecule has 0 radical (unpaired) electrons. The second-order valence-corrected chi connectivity index (χ2v) is 8.14. The number of rotatable bonds is 6. The van der Waals surface area contributed by atoms with Crippen molar-refractivity contribution >= 4 is 5.91 Å². The fourth-order valence-electron chi connectivity index (χ4n) is 4.06. The summed E-state index contributed by atoms with van der Waals surface area (Å²) in [5.74, 6) is 2.25. The summed E-state index contributed by atoms with van der Waals surface area (Å²) in [7, 11) is 0. The molecule has 27 heavy (non-hydrogen) atoms. The molecule has 0 aliphatic carbocycles. The maximum absolute atomic E-state index is 13.0. The third kappa shape index (κ3) is 4.57. The zero-order valence-electron chi connectivity index (χ0n) is 17.1. The van der Waals surface area contributed by atoms with E-state index in [1.165, 1.54) is 5.56 Å². The number of amides is 1. The normalized spacial score (nSPS) is 16.7. The van der Waals surface area contributed by atoms with Gasteiger partial charge >= 0.3 is 0 Å². The van der Waals surface area contributed by atoms with Crippen molar-refractivity contribution in [2.75, 3.05) is 13.1 Å². The number of aromatic nitrogens is 3. The maximum Gasteiger partial charge on any atom is 0.229 e. The molecule has 2 heterocycles. The van der Waals surface area contributed by atoms with Crippen LogP contribution in [0.25, 0.3) is 0 Å². The number of piperidine rings is 1. The van der Waals surface area contributed by atoms with Crippen molar-refractivity contribution < 1.29 is 4.79 Å². The van der Waals surface area contributed by atoms with Gasteiger partial charge < -0.3 is 9.47 Å². The molecule has 5 nitrogen and oxygen atoms in total. The van der Waals surface area contributed by atoms with E-state index in [1.807, 2.05) is 11.8 Å². The zero-order valence-corrected chi connectivity index (χ0v) is 17.1. The predicted octanol–water partition coefficient (Wildman–Crippen LogP) is 4.01. The molecule has 0 N–H and O–H groups in total. The number of likely N-dealkylation sites (tertiary alicyclic amines) is 1. The molecule has 1 atom stereocenters. The number of nitrogens with zero attached hydrogens (tertiary/aromatic N) is 4. The van der Waals surface area contributed by atoms with Gasteiger partial charge in [-0.05, 0) is 50.2 Å². The van der Waals surface area contributed by atoms with Crippen molar-refractivity contribution in [3.05, 3.63) is 47.5 Å². The van der Waals surface area contributed by atoms with Gasteiger partial charge in [0, 0.05) is 25.6 Å². The Balaban J connectivity index is 1.62. The first-order valence-electron chi connectivity index (χ1n) is 10.2. The van der Waals surface area contributed by atoms with Crippen LogP contribution in [0, 0.1) is 5.92 Å². The third-order valence-electron chi connectivity index (χ3n) is 5.62. The van der Waals surface area contributed by atoms with E-state index in [0.29, 0.717) is 11.8 Å². The summed E-state index contributed by atoms with van der Waals surface area (Å²) in [6.07, 6.45) is 4.78. The Labute approximate surface area is 162 Å². The Kier molecular flexibility index (Phi) is 6.30. The summed E-state index contributed by atoms with van der Waals surface area (Å²) in [4.78, 5) is 15.1. The summed E-state index contributed by atoms with van der Waals surface area (Å²) in [6, 6.07) is 8.54. The first kappa shape index (κ1) is 19.6. The highest BCUT2D eigenvalue weighted by Crippen LogP contribution is 2.29. The van der Waals surface area contributed by atoms with Gasteiger partial charge in [0.2, 0.25) is 5.91 Å². The fourth-order valence-corrected chi connectivity index (χ4v) is 4.06. The van der Waals surface area contributed by atoms with Gasteiger partial charge in [-0.2, -0.15) is 0 Å². The van der Waals surface area contributed by atoms with Crippen LogP contribution in [0.15, 0.2) is 30.6 Å². The van der Waals surface area contributed by atoms with E-state index < -0.39 is 0 Å². The van der Waals surface area contributed by atoms with Crippen LogP contribution in [-0.4, -0.2) is 38.7 Å². The van der Waals surface area contributed by atoms with Crippen molar-refractivity contribution in [3.63, 3.8) is 0 Å². The molecule has 1 fully saturated rings. The highest BCUT2D eigenvalue weighted by atomic mass is 16.2. The molecule has 0 spiro atoms. The van der Waals surface area contributed by atoms with Crippen molar-refractivity contribution in [1.29, 1.82) is 0 Å². The number of hydrogen-bond donors (Lipinski definition) is 0. The number of hydrogen-bond acceptors (Lipinski definition) is 3. The van der Waals surface area contributed by atoms with Crippen LogP contribution in [-0.2, 0) is 17.8 Å². The van der Waals surface area contributed by atoms with E-state index >= 15 is 0 Å². The van der Waals surface area contributed by atoms with E-state index in [4.69, 9.17) is 0 Å². The molecule has 0 saturated carbocycles. The lowest BCUT2D eigenvalue weighted by atomic mass is 9.92. The first-order valence-corrected chi connectivity index (χ1v) is 10.2. The predicted molar refractivity (Wildman–Crippen MR) is 108 cm³/mol. The van der Waals surface area contributed by atoms with Crippen LogP contribution in [0.4, 0.5) is 0 Å². The standard InChI is InChI=1S/C22H32N4O/c1-5-25-15-23-24-21(25)19-9-11-26(12-10-19)22(27)17(4)20-8-6-7-18(14-20)13-16(2)3/h6-8,14-17,19H,5,9-13H2,1-4H3. The highest BCUT2D eigenvalue weighted by Gasteiger charge is 2.29. The summed E-state index contributed by atoms with van der Waals surface area (Å²) in [5, 5.41) is 8.36. The summed E-state index contributed by atoms with van der Waals surface area (Å²) >= 11 is 0. The summed E-state index contributed by atoms with van der Waals surface area (Å²) in [5.41, 5.74) is 2.45. The molecule has 1 aromatic carbocycles. The monoisotopic (exact) mass is 368 g/mol. The minimum absolute atomic E-state index is 0.0899. The molecular weight excluding hydrogens is 336 g/mol. The summed E-state index contributed by atoms with van der Waals surface area (Å²) in [6.45, 7) is 11.1. The van der Waals surface area contributed by atoms with Crippen molar-refractivity contribution in [1.82, 2.24) is 19.7 Å². The quantitative estimate of drug-likeness (QED) is 0.774. The third-order valence-corrected chi connectivity index (χ3v) is 5.62. The van der Waals surface area contributed by atoms with Gasteiger partial charge in [0.05, 0.1) is 5.92 Å². The number of carbonyl (C=O) groups excluding carboxylic acids is 1. The Hall–Kier alpha value is -2.17. The van der Waals surface area contributed by atoms with Gasteiger partial charge in [-0.15, -0.1) is 10.2 Å². The lowest BCUT2D eigenvalue weighted by Crippen LogP contribution is -2.40. The molecule has 1 aliphatic heterocycles. The minimum Gasteiger partial charge on any atom is -0.342 e. The van der Waals surface area contributed by atoms with Crippen molar-refractivity contribution in [2.45, 2.75) is 65.3 Å². The maximum atomic E-state index is 13.0. The molecule has 1 aromatic heterocycles. The summed E-state index contributed by atoms with van der Waals surface area (Å²) < 4.78 is 2.12. The second kappa shape index (κ2) is 8.68. The first-order chi connectivity index (χ1) is 13.0. The Bertz CT molecular complexity index is 759. The molecule has 146 valence electrons. The highest BCUT2D eigenvalue weighted by molar-refractivity contribution is 5.83. The lowest BCUT2D eigenvalue weighted by molar-refractivity contribution is -0.133. The zero-order chi connectivity index (χ0) is 19.4. The largest absolute Gasteiger partial charge is 0.342 e. The lowest BCUT2D eigenvalue weighted by Gasteiger charge is -2.33.